The van der Waals surface area contributed by atoms with E-state index in [9.17, 15) is 28.7 Å². The summed E-state index contributed by atoms with van der Waals surface area (Å²) in [5.41, 5.74) is 0. The topological polar surface area (TPSA) is 208 Å². The highest BCUT2D eigenvalue weighted by Crippen LogP contribution is 2.44. The predicted octanol–water partition coefficient (Wildman–Crippen LogP) is 10.2. The summed E-state index contributed by atoms with van der Waals surface area (Å²) in [6, 6.07) is 0. The Hall–Kier alpha value is -2.22. The van der Waals surface area contributed by atoms with Crippen molar-refractivity contribution in [3.63, 3.8) is 0 Å². The summed E-state index contributed by atoms with van der Waals surface area (Å²) >= 11 is 0. The minimum atomic E-state index is -4.87. The highest BCUT2D eigenvalue weighted by atomic mass is 31.2. The van der Waals surface area contributed by atoms with Crippen LogP contribution in [0.15, 0.2) is 60.8 Å². The number of phosphoric ester groups is 2. The summed E-state index contributed by atoms with van der Waals surface area (Å²) in [6.45, 7) is 1.61. The lowest BCUT2D eigenvalue weighted by Crippen LogP contribution is -2.30. The van der Waals surface area contributed by atoms with Gasteiger partial charge in [-0.15, -0.1) is 0 Å². The van der Waals surface area contributed by atoms with Gasteiger partial charge < -0.3 is 34.0 Å². The van der Waals surface area contributed by atoms with Crippen LogP contribution < -0.4 is 0 Å². The third-order valence-corrected chi connectivity index (χ3v) is 10.7. The molecule has 14 nitrogen and oxygen atoms in total. The van der Waals surface area contributed by atoms with E-state index in [0.717, 1.165) is 70.6 Å². The van der Waals surface area contributed by atoms with Crippen molar-refractivity contribution in [3.05, 3.63) is 60.8 Å². The van der Waals surface area contributed by atoms with Crippen molar-refractivity contribution in [3.8, 4) is 0 Å². The molecule has 0 saturated carbocycles. The maximum Gasteiger partial charge on any atom is 0.472 e. The second-order valence-electron chi connectivity index (χ2n) is 15.0. The fraction of sp³-hybridized carbons (Fsp3) is 0.727. The summed E-state index contributed by atoms with van der Waals surface area (Å²) in [6.07, 6.45) is 39.6. The normalized spacial score (nSPS) is 18.0. The van der Waals surface area contributed by atoms with Crippen molar-refractivity contribution in [2.75, 3.05) is 26.4 Å². The first-order valence-electron chi connectivity index (χ1n) is 22.1. The Morgan fingerprint density at radius 3 is 1.63 bits per heavy atom. The van der Waals surface area contributed by atoms with E-state index in [2.05, 4.69) is 71.5 Å². The van der Waals surface area contributed by atoms with Gasteiger partial charge in [-0.05, 0) is 83.5 Å². The van der Waals surface area contributed by atoms with Crippen LogP contribution in [0.3, 0.4) is 0 Å². The lowest BCUT2D eigenvalue weighted by Gasteiger charge is -2.20. The number of epoxide rings is 1. The van der Waals surface area contributed by atoms with Gasteiger partial charge in [0.1, 0.15) is 12.7 Å². The fourth-order valence-electron chi connectivity index (χ4n) is 5.76. The average molecular weight is 891 g/mol. The van der Waals surface area contributed by atoms with Crippen LogP contribution in [0.5, 0.6) is 0 Å². The van der Waals surface area contributed by atoms with Crippen LogP contribution in [0.2, 0.25) is 0 Å². The zero-order chi connectivity index (χ0) is 44.2. The lowest BCUT2D eigenvalue weighted by molar-refractivity contribution is -0.161. The molecule has 1 saturated heterocycles. The molecule has 1 aliphatic heterocycles. The molecule has 0 aromatic rings. The van der Waals surface area contributed by atoms with Crippen LogP contribution in [0.4, 0.5) is 0 Å². The SMILES string of the molecule is CCCCC/C=C\C/C=C\CCCCCCCC(=O)O[C@H](COC(=O)CCC/C=C\C/C=C\CC1OC1C/C=C\CCCCC)COP(=O)(O)OC[C@@H](O)COP(=O)(O)O. The minimum Gasteiger partial charge on any atom is -0.462 e. The molecule has 0 aromatic carbocycles. The number of carbonyl (C=O) groups excluding carboxylic acids is 2. The van der Waals surface area contributed by atoms with Crippen molar-refractivity contribution in [1.82, 2.24) is 0 Å². The smallest absolute Gasteiger partial charge is 0.462 e. The van der Waals surface area contributed by atoms with Gasteiger partial charge in [-0.3, -0.25) is 23.2 Å². The second-order valence-corrected chi connectivity index (χ2v) is 17.7. The molecule has 1 fully saturated rings. The maximum absolute atomic E-state index is 12.7. The van der Waals surface area contributed by atoms with Gasteiger partial charge in [0.2, 0.25) is 0 Å². The van der Waals surface area contributed by atoms with Gasteiger partial charge in [0.15, 0.2) is 6.10 Å². The summed E-state index contributed by atoms with van der Waals surface area (Å²) in [4.78, 5) is 52.7. The lowest BCUT2D eigenvalue weighted by atomic mass is 10.1. The van der Waals surface area contributed by atoms with Crippen molar-refractivity contribution < 1.29 is 66.3 Å². The quantitative estimate of drug-likeness (QED) is 0.0148. The van der Waals surface area contributed by atoms with Gasteiger partial charge in [-0.25, -0.2) is 9.13 Å². The second kappa shape index (κ2) is 36.3. The van der Waals surface area contributed by atoms with E-state index in [0.29, 0.717) is 31.5 Å². The molecule has 16 heteroatoms. The Balaban J connectivity index is 2.41. The van der Waals surface area contributed by atoms with Crippen LogP contribution in [0, 0.1) is 0 Å². The molecule has 0 spiro atoms. The fourth-order valence-corrected chi connectivity index (χ4v) is 6.92. The van der Waals surface area contributed by atoms with E-state index in [1.165, 1.54) is 38.5 Å². The molecular formula is C44H76O14P2. The Bertz CT molecular complexity index is 1360. The molecule has 0 aromatic heterocycles. The number of hydrogen-bond acceptors (Lipinski definition) is 11. The zero-order valence-corrected chi connectivity index (χ0v) is 38.0. The molecule has 1 heterocycles. The third-order valence-electron chi connectivity index (χ3n) is 9.27. The van der Waals surface area contributed by atoms with E-state index >= 15 is 0 Å². The van der Waals surface area contributed by atoms with Gasteiger partial charge in [-0.2, -0.15) is 0 Å². The highest BCUT2D eigenvalue weighted by Gasteiger charge is 2.36. The number of phosphoric acid groups is 2. The van der Waals surface area contributed by atoms with Crippen LogP contribution in [0.1, 0.15) is 155 Å². The molecule has 346 valence electrons. The average Bonchev–Trinajstić information content (AvgIpc) is 3.96. The molecule has 4 N–H and O–H groups in total. The largest absolute Gasteiger partial charge is 0.472 e. The number of allylic oxidation sites excluding steroid dienone is 8. The Labute approximate surface area is 359 Å². The van der Waals surface area contributed by atoms with Gasteiger partial charge in [0.25, 0.3) is 0 Å². The van der Waals surface area contributed by atoms with Gasteiger partial charge in [0, 0.05) is 12.8 Å². The van der Waals surface area contributed by atoms with Crippen molar-refractivity contribution >= 4 is 27.6 Å². The molecule has 60 heavy (non-hydrogen) atoms. The summed E-state index contributed by atoms with van der Waals surface area (Å²) in [7, 11) is -9.70. The summed E-state index contributed by atoms with van der Waals surface area (Å²) in [5.74, 6) is -1.12. The third kappa shape index (κ3) is 36.4. The number of esters is 2. The number of unbranched alkanes of at least 4 members (excludes halogenated alkanes) is 12. The Morgan fingerprint density at radius 2 is 1.03 bits per heavy atom. The van der Waals surface area contributed by atoms with Crippen LogP contribution in [-0.4, -0.2) is 82.6 Å². The minimum absolute atomic E-state index is 0.0985. The molecule has 1 rings (SSSR count). The molecule has 0 bridgehead atoms. The van der Waals surface area contributed by atoms with Crippen LogP contribution >= 0.6 is 15.6 Å². The van der Waals surface area contributed by atoms with Crippen LogP contribution in [-0.2, 0) is 46.5 Å². The summed E-state index contributed by atoms with van der Waals surface area (Å²) in [5, 5.41) is 9.75. The molecule has 5 atom stereocenters. The van der Waals surface area contributed by atoms with Crippen molar-refractivity contribution in [2.24, 2.45) is 0 Å². The van der Waals surface area contributed by atoms with E-state index in [1.807, 2.05) is 12.2 Å². The molecular weight excluding hydrogens is 814 g/mol. The maximum atomic E-state index is 12.7. The molecule has 0 amide bonds. The number of aliphatic hydroxyl groups excluding tert-OH is 1. The number of aliphatic hydroxyl groups is 1. The monoisotopic (exact) mass is 890 g/mol. The Kier molecular flexibility index (Phi) is 33.7. The molecule has 0 aliphatic carbocycles. The number of ether oxygens (including phenoxy) is 3. The molecule has 1 aliphatic rings. The van der Waals surface area contributed by atoms with E-state index in [4.69, 9.17) is 28.5 Å². The summed E-state index contributed by atoms with van der Waals surface area (Å²) < 4.78 is 53.5. The van der Waals surface area contributed by atoms with Crippen molar-refractivity contribution in [2.45, 2.75) is 180 Å². The van der Waals surface area contributed by atoms with E-state index < -0.39 is 66.2 Å². The van der Waals surface area contributed by atoms with Crippen LogP contribution in [0.25, 0.3) is 0 Å². The predicted molar refractivity (Wildman–Crippen MR) is 234 cm³/mol. The van der Waals surface area contributed by atoms with E-state index in [1.54, 1.807) is 0 Å². The molecule has 3 unspecified atom stereocenters. The first-order valence-corrected chi connectivity index (χ1v) is 25.1. The number of hydrogen-bond donors (Lipinski definition) is 4. The molecule has 0 radical (unpaired) electrons. The first-order chi connectivity index (χ1) is 28.8. The first kappa shape index (κ1) is 55.8. The van der Waals surface area contributed by atoms with Gasteiger partial charge in [-0.1, -0.05) is 120 Å². The Morgan fingerprint density at radius 1 is 0.567 bits per heavy atom. The highest BCUT2D eigenvalue weighted by molar-refractivity contribution is 7.47. The number of carbonyl (C=O) groups is 2. The zero-order valence-electron chi connectivity index (χ0n) is 36.2. The van der Waals surface area contributed by atoms with Gasteiger partial charge in [0.05, 0.1) is 32.0 Å². The number of rotatable bonds is 40. The standard InChI is InChI=1S/C44H76O14P2/c1-3-5-7-9-11-12-13-14-15-16-17-18-21-26-30-34-44(47)57-40(38-56-60(51,52)55-36-39(45)35-54-59(48,49)50)37-53-43(46)33-29-25-22-19-20-24-28-32-42-41(58-42)31-27-23-10-8-6-4-2/h11-12,14-15,19,22-24,27-28,39-42,45H,3-10,13,16-18,20-21,25-26,29-38H2,1-2H3,(H,51,52)(H2,48,49,50)/b12-11-,15-14-,22-19-,27-23-,28-24-/t39-,40+,41?,42?/m0/s1. The van der Waals surface area contributed by atoms with E-state index in [-0.39, 0.29) is 12.8 Å². The van der Waals surface area contributed by atoms with Gasteiger partial charge >= 0.3 is 27.6 Å². The van der Waals surface area contributed by atoms with Crippen molar-refractivity contribution in [1.29, 1.82) is 0 Å².